The maximum Gasteiger partial charge on any atom is 0.329 e. The van der Waals surface area contributed by atoms with Crippen molar-refractivity contribution in [2.24, 2.45) is 0 Å². The molecule has 8 nitrogen and oxygen atoms in total. The van der Waals surface area contributed by atoms with Crippen molar-refractivity contribution in [3.05, 3.63) is 209 Å². The minimum atomic E-state index is -0.109. The molecule has 4 unspecified atom stereocenters. The molecular weight excluding hydrogens is 803 g/mol. The first-order chi connectivity index (χ1) is 28.9. The summed E-state index contributed by atoms with van der Waals surface area (Å²) in [7, 11) is 0. The number of hydrogen-bond donors (Lipinski definition) is 0. The van der Waals surface area contributed by atoms with Crippen LogP contribution in [0.3, 0.4) is 0 Å². The molecule has 0 radical (unpaired) electrons. The highest BCUT2D eigenvalue weighted by atomic mass is 35.5. The Morgan fingerprint density at radius 3 is 1.02 bits per heavy atom. The zero-order chi connectivity index (χ0) is 39.1. The number of pyridine rings is 1. The fraction of sp³-hybridized carbons (Fsp3) is 0.0833. The summed E-state index contributed by atoms with van der Waals surface area (Å²) in [6.45, 7) is 0. The van der Waals surface area contributed by atoms with Gasteiger partial charge in [-0.2, -0.15) is 15.0 Å². The van der Waals surface area contributed by atoms with Crippen LogP contribution in [0.5, 0.6) is 46.8 Å². The second-order valence-electron chi connectivity index (χ2n) is 15.3. The van der Waals surface area contributed by atoms with Gasteiger partial charge in [-0.3, -0.25) is 0 Å². The molecule has 4 atom stereocenters. The van der Waals surface area contributed by atoms with Crippen LogP contribution in [0.4, 0.5) is 0 Å². The molecule has 0 saturated carbocycles. The SMILES string of the molecule is Clc1nc2nc(n1)Oc1ccc3c(c1)C1c4ccccc4C3c3ccc(cc31)Oc1nc(c(Cl)cc1Cl)Oc1ccc3c(c1)C1c4ccccc4C3c3ccc(cc31)O2. The lowest BCUT2D eigenvalue weighted by molar-refractivity contribution is 0.396. The predicted molar refractivity (Wildman–Crippen MR) is 222 cm³/mol. The Morgan fingerprint density at radius 1 is 0.322 bits per heavy atom. The summed E-state index contributed by atoms with van der Waals surface area (Å²) in [4.78, 5) is 17.9. The van der Waals surface area contributed by atoms with Crippen molar-refractivity contribution in [3.8, 4) is 46.8 Å². The van der Waals surface area contributed by atoms with Gasteiger partial charge in [0.2, 0.25) is 17.0 Å². The molecule has 282 valence electrons. The number of nitrogens with zero attached hydrogens (tertiary/aromatic N) is 4. The van der Waals surface area contributed by atoms with Crippen molar-refractivity contribution in [1.29, 1.82) is 0 Å². The van der Waals surface area contributed by atoms with Crippen LogP contribution in [0.25, 0.3) is 0 Å². The summed E-state index contributed by atoms with van der Waals surface area (Å²) in [5.41, 5.74) is 14.2. The first-order valence-corrected chi connectivity index (χ1v) is 20.3. The maximum absolute atomic E-state index is 6.76. The number of rotatable bonds is 0. The third kappa shape index (κ3) is 4.97. The summed E-state index contributed by atoms with van der Waals surface area (Å²) in [5.74, 6) is 2.42. The van der Waals surface area contributed by atoms with Crippen LogP contribution in [0, 0.1) is 0 Å². The van der Waals surface area contributed by atoms with Gasteiger partial charge in [0.25, 0.3) is 0 Å². The van der Waals surface area contributed by atoms with Crippen LogP contribution in [0.2, 0.25) is 15.3 Å². The van der Waals surface area contributed by atoms with Crippen LogP contribution < -0.4 is 18.9 Å². The topological polar surface area (TPSA) is 88.5 Å². The molecule has 59 heavy (non-hydrogen) atoms. The Morgan fingerprint density at radius 2 is 0.644 bits per heavy atom. The van der Waals surface area contributed by atoms with Crippen LogP contribution in [0.1, 0.15) is 90.4 Å². The molecule has 2 aromatic heterocycles. The average Bonchev–Trinajstić information content (AvgIpc) is 3.24. The van der Waals surface area contributed by atoms with Crippen LogP contribution in [0.15, 0.2) is 127 Å². The van der Waals surface area contributed by atoms with E-state index in [1.807, 2.05) is 24.3 Å². The number of halogens is 3. The normalized spacial score (nSPS) is 19.0. The molecule has 0 spiro atoms. The van der Waals surface area contributed by atoms with Gasteiger partial charge in [0.15, 0.2) is 0 Å². The summed E-state index contributed by atoms with van der Waals surface area (Å²) < 4.78 is 25.6. The molecular formula is C48H25Cl3N4O4. The second kappa shape index (κ2) is 12.3. The summed E-state index contributed by atoms with van der Waals surface area (Å²) in [6, 6.07) is 43.3. The highest BCUT2D eigenvalue weighted by Crippen LogP contribution is 2.59. The highest BCUT2D eigenvalue weighted by molar-refractivity contribution is 6.36. The molecule has 11 heteroatoms. The Kier molecular flexibility index (Phi) is 6.98. The number of hydrogen-bond acceptors (Lipinski definition) is 8. The first kappa shape index (κ1) is 33.5. The van der Waals surface area contributed by atoms with Crippen molar-refractivity contribution >= 4 is 34.8 Å². The van der Waals surface area contributed by atoms with Crippen molar-refractivity contribution in [2.75, 3.05) is 0 Å². The molecule has 7 aliphatic rings. The van der Waals surface area contributed by atoms with Gasteiger partial charge in [-0.1, -0.05) is 96.0 Å². The number of aromatic nitrogens is 4. The van der Waals surface area contributed by atoms with Crippen molar-refractivity contribution in [3.63, 3.8) is 0 Å². The van der Waals surface area contributed by atoms with Crippen LogP contribution in [-0.2, 0) is 0 Å². The number of fused-ring (bicyclic) bond motifs is 8. The van der Waals surface area contributed by atoms with Gasteiger partial charge in [-0.05, 0) is 133 Å². The van der Waals surface area contributed by atoms with Gasteiger partial charge in [-0.25, -0.2) is 0 Å². The molecule has 0 saturated heterocycles. The van der Waals surface area contributed by atoms with Gasteiger partial charge < -0.3 is 18.9 Å². The van der Waals surface area contributed by atoms with Gasteiger partial charge in [0.05, 0.1) is 0 Å². The predicted octanol–water partition coefficient (Wildman–Crippen LogP) is 12.7. The minimum absolute atomic E-state index is 0.00910. The van der Waals surface area contributed by atoms with Crippen LogP contribution >= 0.6 is 34.8 Å². The Bertz CT molecular complexity index is 2970. The lowest BCUT2D eigenvalue weighted by Crippen LogP contribution is -2.27. The fourth-order valence-corrected chi connectivity index (χ4v) is 10.6. The van der Waals surface area contributed by atoms with Crippen molar-refractivity contribution in [1.82, 2.24) is 19.9 Å². The number of ether oxygens (including phenoxy) is 4. The third-order valence-electron chi connectivity index (χ3n) is 12.2. The third-order valence-corrected chi connectivity index (χ3v) is 12.9. The first-order valence-electron chi connectivity index (χ1n) is 19.1. The molecule has 0 N–H and O–H groups in total. The lowest BCUT2D eigenvalue weighted by Gasteiger charge is -2.42. The standard InChI is InChI=1S/C48H25Cl3N4O4/c49-38-21-39(50)45-52-44(38)56-22-9-13-30-34(17-22)42-28-7-3-1-5-26(28)40(30)32-15-11-24(19-36(32)42)58-47-53-46(51)54-48(55-47)59-25-12-16-33-37(20-25)43-29-8-4-2-6-27(29)41(33)31-14-10-23(57-45)18-35(31)43/h1-21,40-43H. The van der Waals surface area contributed by atoms with Crippen LogP contribution in [-0.4, -0.2) is 19.9 Å². The zero-order valence-corrected chi connectivity index (χ0v) is 32.8. The van der Waals surface area contributed by atoms with E-state index in [1.54, 1.807) is 6.07 Å². The molecule has 0 amide bonds. The molecule has 16 bridgehead atoms. The van der Waals surface area contributed by atoms with Crippen molar-refractivity contribution < 1.29 is 18.9 Å². The zero-order valence-electron chi connectivity index (χ0n) is 30.5. The summed E-state index contributed by atoms with van der Waals surface area (Å²) in [5, 5.41) is 0.470. The molecule has 8 aromatic rings. The van der Waals surface area contributed by atoms with Gasteiger partial charge in [0, 0.05) is 23.7 Å². The Labute approximate surface area is 352 Å². The maximum atomic E-state index is 6.76. The molecule has 1 aliphatic heterocycles. The van der Waals surface area contributed by atoms with E-state index in [-0.39, 0.29) is 62.8 Å². The molecule has 6 aromatic carbocycles. The van der Waals surface area contributed by atoms with E-state index in [4.69, 9.17) is 58.7 Å². The van der Waals surface area contributed by atoms with Crippen molar-refractivity contribution in [2.45, 2.75) is 23.7 Å². The number of benzene rings is 6. The minimum Gasteiger partial charge on any atom is -0.437 e. The van der Waals surface area contributed by atoms with E-state index in [0.717, 1.165) is 22.3 Å². The second-order valence-corrected chi connectivity index (χ2v) is 16.4. The summed E-state index contributed by atoms with van der Waals surface area (Å²) >= 11 is 20.0. The van der Waals surface area contributed by atoms with E-state index in [1.165, 1.54) is 44.5 Å². The highest BCUT2D eigenvalue weighted by Gasteiger charge is 2.43. The molecule has 15 rings (SSSR count). The van der Waals surface area contributed by atoms with Gasteiger partial charge >= 0.3 is 12.0 Å². The molecule has 3 heterocycles. The van der Waals surface area contributed by atoms with E-state index in [9.17, 15) is 0 Å². The largest absolute Gasteiger partial charge is 0.437 e. The average molecular weight is 828 g/mol. The van der Waals surface area contributed by atoms with Gasteiger partial charge in [0.1, 0.15) is 33.0 Å². The monoisotopic (exact) mass is 826 g/mol. The van der Waals surface area contributed by atoms with E-state index in [2.05, 4.69) is 112 Å². The molecule has 6 aliphatic carbocycles. The Balaban J connectivity index is 0.989. The Hall–Kier alpha value is -6.45. The van der Waals surface area contributed by atoms with E-state index in [0.29, 0.717) is 23.0 Å². The quantitative estimate of drug-likeness (QED) is 0.149. The lowest BCUT2D eigenvalue weighted by atomic mass is 9.61. The fourth-order valence-electron chi connectivity index (χ4n) is 10.0. The smallest absolute Gasteiger partial charge is 0.329 e. The van der Waals surface area contributed by atoms with E-state index >= 15 is 0 Å². The van der Waals surface area contributed by atoms with Gasteiger partial charge in [-0.15, -0.1) is 4.98 Å². The van der Waals surface area contributed by atoms with E-state index < -0.39 is 0 Å². The molecule has 0 fully saturated rings. The summed E-state index contributed by atoms with van der Waals surface area (Å²) in [6.07, 6.45) is 0.